The van der Waals surface area contributed by atoms with Crippen LogP contribution in [0.2, 0.25) is 0 Å². The Hall–Kier alpha value is -3.21. The van der Waals surface area contributed by atoms with Crippen molar-refractivity contribution in [2.45, 2.75) is 27.3 Å². The van der Waals surface area contributed by atoms with Crippen molar-refractivity contribution in [3.8, 4) is 0 Å². The van der Waals surface area contributed by atoms with Gasteiger partial charge in [0, 0.05) is 12.2 Å². The minimum absolute atomic E-state index is 0.240. The van der Waals surface area contributed by atoms with Crippen LogP contribution in [0.5, 0.6) is 0 Å². The number of hydrogen-bond donors (Lipinski definition) is 2. The molecule has 2 N–H and O–H groups in total. The first kappa shape index (κ1) is 17.6. The van der Waals surface area contributed by atoms with Gasteiger partial charge in [-0.1, -0.05) is 35.9 Å². The lowest BCUT2D eigenvalue weighted by atomic mass is 10.1. The summed E-state index contributed by atoms with van der Waals surface area (Å²) < 4.78 is 0. The van der Waals surface area contributed by atoms with Crippen LogP contribution in [0.4, 0.5) is 11.5 Å². The van der Waals surface area contributed by atoms with E-state index in [0.717, 1.165) is 11.3 Å². The van der Waals surface area contributed by atoms with Gasteiger partial charge in [0.1, 0.15) is 11.5 Å². The number of amides is 1. The molecule has 0 aliphatic heterocycles. The number of aryl methyl sites for hydroxylation is 3. The first-order valence-corrected chi connectivity index (χ1v) is 8.51. The molecule has 0 saturated heterocycles. The molecule has 0 unspecified atom stereocenters. The van der Waals surface area contributed by atoms with Crippen LogP contribution in [-0.2, 0) is 6.54 Å². The highest BCUT2D eigenvalue weighted by molar-refractivity contribution is 5.92. The summed E-state index contributed by atoms with van der Waals surface area (Å²) in [6.45, 7) is 6.63. The second kappa shape index (κ2) is 7.78. The largest absolute Gasteiger partial charge is 0.347 e. The molecule has 2 aromatic carbocycles. The minimum Gasteiger partial charge on any atom is -0.347 e. The fourth-order valence-corrected chi connectivity index (χ4v) is 2.46. The molecule has 1 amide bonds. The molecule has 5 heteroatoms. The highest BCUT2D eigenvalue weighted by Crippen LogP contribution is 2.17. The molecular formula is C21H22N4O. The Morgan fingerprint density at radius 2 is 1.69 bits per heavy atom. The molecule has 132 valence electrons. The highest BCUT2D eigenvalue weighted by Gasteiger charge is 2.08. The van der Waals surface area contributed by atoms with E-state index in [1.165, 1.54) is 22.9 Å². The molecule has 0 spiro atoms. The molecule has 0 aliphatic rings. The van der Waals surface area contributed by atoms with E-state index < -0.39 is 0 Å². The van der Waals surface area contributed by atoms with Crippen molar-refractivity contribution in [2.75, 3.05) is 5.32 Å². The molecule has 0 aliphatic carbocycles. The Balaban J connectivity index is 1.60. The van der Waals surface area contributed by atoms with Crippen LogP contribution in [-0.4, -0.2) is 15.9 Å². The zero-order valence-electron chi connectivity index (χ0n) is 15.2. The summed E-state index contributed by atoms with van der Waals surface area (Å²) in [5.74, 6) is 0.360. The molecule has 0 atom stereocenters. The van der Waals surface area contributed by atoms with E-state index in [4.69, 9.17) is 0 Å². The SMILES string of the molecule is Cc1ccc(CNC(=O)c2cnc(Nc3ccc(C)c(C)c3)cn2)cc1. The Morgan fingerprint density at radius 1 is 0.923 bits per heavy atom. The fourth-order valence-electron chi connectivity index (χ4n) is 2.46. The molecule has 0 fully saturated rings. The van der Waals surface area contributed by atoms with Crippen molar-refractivity contribution < 1.29 is 4.79 Å². The number of carbonyl (C=O) groups excluding carboxylic acids is 1. The Labute approximate surface area is 153 Å². The predicted octanol–water partition coefficient (Wildman–Crippen LogP) is 4.08. The van der Waals surface area contributed by atoms with Gasteiger partial charge in [0.05, 0.1) is 12.4 Å². The van der Waals surface area contributed by atoms with E-state index in [1.807, 2.05) is 37.3 Å². The van der Waals surface area contributed by atoms with Crippen LogP contribution >= 0.6 is 0 Å². The average molecular weight is 346 g/mol. The lowest BCUT2D eigenvalue weighted by Gasteiger charge is -2.09. The number of benzene rings is 2. The summed E-state index contributed by atoms with van der Waals surface area (Å²) in [6.07, 6.45) is 3.05. The Kier molecular flexibility index (Phi) is 5.27. The normalized spacial score (nSPS) is 10.4. The summed E-state index contributed by atoms with van der Waals surface area (Å²) in [7, 11) is 0. The molecule has 0 radical (unpaired) electrons. The van der Waals surface area contributed by atoms with E-state index in [0.29, 0.717) is 18.1 Å². The maximum atomic E-state index is 12.2. The number of carbonyl (C=O) groups is 1. The molecule has 3 aromatic rings. The number of rotatable bonds is 5. The number of hydrogen-bond acceptors (Lipinski definition) is 4. The molecule has 1 heterocycles. The second-order valence-corrected chi connectivity index (χ2v) is 6.38. The third-order valence-corrected chi connectivity index (χ3v) is 4.24. The molecular weight excluding hydrogens is 324 g/mol. The fraction of sp³-hybridized carbons (Fsp3) is 0.190. The van der Waals surface area contributed by atoms with Gasteiger partial charge < -0.3 is 10.6 Å². The van der Waals surface area contributed by atoms with Crippen LogP contribution in [0.3, 0.4) is 0 Å². The van der Waals surface area contributed by atoms with E-state index in [2.05, 4.69) is 46.6 Å². The number of anilines is 2. The van der Waals surface area contributed by atoms with Crippen LogP contribution < -0.4 is 10.6 Å². The van der Waals surface area contributed by atoms with Crippen molar-refractivity contribution in [3.63, 3.8) is 0 Å². The Morgan fingerprint density at radius 3 is 2.35 bits per heavy atom. The van der Waals surface area contributed by atoms with Gasteiger partial charge in [-0.25, -0.2) is 9.97 Å². The second-order valence-electron chi connectivity index (χ2n) is 6.38. The Bertz CT molecular complexity index is 902. The lowest BCUT2D eigenvalue weighted by molar-refractivity contribution is 0.0945. The standard InChI is InChI=1S/C21H22N4O/c1-14-4-7-17(8-5-14)11-24-21(26)19-12-23-20(13-22-19)25-18-9-6-15(2)16(3)10-18/h4-10,12-13H,11H2,1-3H3,(H,23,25)(H,24,26). The number of nitrogens with one attached hydrogen (secondary N) is 2. The lowest BCUT2D eigenvalue weighted by Crippen LogP contribution is -2.24. The van der Waals surface area contributed by atoms with E-state index in [1.54, 1.807) is 6.20 Å². The summed E-state index contributed by atoms with van der Waals surface area (Å²) >= 11 is 0. The third-order valence-electron chi connectivity index (χ3n) is 4.24. The predicted molar refractivity (Wildman–Crippen MR) is 104 cm³/mol. The molecule has 26 heavy (non-hydrogen) atoms. The van der Waals surface area contributed by atoms with Gasteiger partial charge in [0.15, 0.2) is 0 Å². The van der Waals surface area contributed by atoms with E-state index in [9.17, 15) is 4.79 Å². The molecule has 3 rings (SSSR count). The van der Waals surface area contributed by atoms with Crippen molar-refractivity contribution in [1.29, 1.82) is 0 Å². The van der Waals surface area contributed by atoms with Gasteiger partial charge in [0.25, 0.3) is 5.91 Å². The van der Waals surface area contributed by atoms with Crippen molar-refractivity contribution in [3.05, 3.63) is 82.8 Å². The zero-order chi connectivity index (χ0) is 18.5. The summed E-state index contributed by atoms with van der Waals surface area (Å²) in [4.78, 5) is 20.7. The van der Waals surface area contributed by atoms with Crippen molar-refractivity contribution in [2.24, 2.45) is 0 Å². The maximum absolute atomic E-state index is 12.2. The summed E-state index contributed by atoms with van der Waals surface area (Å²) in [6, 6.07) is 14.1. The highest BCUT2D eigenvalue weighted by atomic mass is 16.1. The van der Waals surface area contributed by atoms with Crippen LogP contribution in [0.15, 0.2) is 54.9 Å². The van der Waals surface area contributed by atoms with Gasteiger partial charge in [0.2, 0.25) is 0 Å². The zero-order valence-corrected chi connectivity index (χ0v) is 15.2. The molecule has 5 nitrogen and oxygen atoms in total. The third kappa shape index (κ3) is 4.45. The molecule has 0 saturated carbocycles. The smallest absolute Gasteiger partial charge is 0.271 e. The van der Waals surface area contributed by atoms with Gasteiger partial charge >= 0.3 is 0 Å². The number of nitrogens with zero attached hydrogens (tertiary/aromatic N) is 2. The van der Waals surface area contributed by atoms with Gasteiger partial charge in [-0.3, -0.25) is 4.79 Å². The van der Waals surface area contributed by atoms with Crippen molar-refractivity contribution in [1.82, 2.24) is 15.3 Å². The average Bonchev–Trinajstić information content (AvgIpc) is 2.65. The topological polar surface area (TPSA) is 66.9 Å². The van der Waals surface area contributed by atoms with Gasteiger partial charge in [-0.05, 0) is 49.6 Å². The van der Waals surface area contributed by atoms with Gasteiger partial charge in [-0.15, -0.1) is 0 Å². The minimum atomic E-state index is -0.240. The van der Waals surface area contributed by atoms with Gasteiger partial charge in [-0.2, -0.15) is 0 Å². The quantitative estimate of drug-likeness (QED) is 0.731. The summed E-state index contributed by atoms with van der Waals surface area (Å²) in [5.41, 5.74) is 5.92. The monoisotopic (exact) mass is 346 g/mol. The van der Waals surface area contributed by atoms with Crippen LogP contribution in [0.25, 0.3) is 0 Å². The molecule has 1 aromatic heterocycles. The first-order valence-electron chi connectivity index (χ1n) is 8.51. The van der Waals surface area contributed by atoms with Crippen LogP contribution in [0.1, 0.15) is 32.7 Å². The summed E-state index contributed by atoms with van der Waals surface area (Å²) in [5, 5.41) is 6.05. The van der Waals surface area contributed by atoms with Crippen LogP contribution in [0, 0.1) is 20.8 Å². The molecule has 0 bridgehead atoms. The number of aromatic nitrogens is 2. The maximum Gasteiger partial charge on any atom is 0.271 e. The first-order chi connectivity index (χ1) is 12.5. The van der Waals surface area contributed by atoms with E-state index in [-0.39, 0.29) is 5.91 Å². The van der Waals surface area contributed by atoms with Crippen molar-refractivity contribution >= 4 is 17.4 Å². The van der Waals surface area contributed by atoms with E-state index >= 15 is 0 Å².